The molecular formula is C25H37N3O6. The lowest BCUT2D eigenvalue weighted by molar-refractivity contribution is -0.142. The second kappa shape index (κ2) is 11.7. The minimum Gasteiger partial charge on any atom is -0.491 e. The molecule has 2 aliphatic heterocycles. The van der Waals surface area contributed by atoms with Gasteiger partial charge in [-0.1, -0.05) is 6.92 Å². The highest BCUT2D eigenvalue weighted by molar-refractivity contribution is 5.99. The molecule has 1 saturated heterocycles. The van der Waals surface area contributed by atoms with Gasteiger partial charge in [-0.05, 0) is 38.0 Å². The van der Waals surface area contributed by atoms with Gasteiger partial charge in [-0.25, -0.2) is 0 Å². The molecule has 34 heavy (non-hydrogen) atoms. The van der Waals surface area contributed by atoms with Gasteiger partial charge in [-0.15, -0.1) is 0 Å². The van der Waals surface area contributed by atoms with E-state index in [2.05, 4.69) is 5.32 Å². The van der Waals surface area contributed by atoms with E-state index in [9.17, 15) is 14.4 Å². The first kappa shape index (κ1) is 26.0. The van der Waals surface area contributed by atoms with E-state index in [1.54, 1.807) is 37.3 Å². The number of carbonyl (C=O) groups is 3. The number of likely N-dealkylation sites (N-methyl/N-ethyl adjacent to an activating group) is 1. The molecule has 188 valence electrons. The molecule has 0 unspecified atom stereocenters. The zero-order chi connectivity index (χ0) is 24.8. The van der Waals surface area contributed by atoms with Crippen molar-refractivity contribution in [3.63, 3.8) is 0 Å². The molecule has 0 aliphatic carbocycles. The van der Waals surface area contributed by atoms with Crippen molar-refractivity contribution in [1.82, 2.24) is 9.80 Å². The number of carbonyl (C=O) groups excluding carboxylic acids is 3. The predicted molar refractivity (Wildman–Crippen MR) is 128 cm³/mol. The molecule has 1 N–H and O–H groups in total. The molecule has 1 aromatic rings. The Morgan fingerprint density at radius 2 is 1.85 bits per heavy atom. The maximum atomic E-state index is 13.5. The zero-order valence-electron chi connectivity index (χ0n) is 20.8. The molecule has 0 spiro atoms. The van der Waals surface area contributed by atoms with Gasteiger partial charge in [0.15, 0.2) is 0 Å². The van der Waals surface area contributed by atoms with Crippen molar-refractivity contribution in [2.24, 2.45) is 11.8 Å². The number of methoxy groups -OCH3 is 1. The molecule has 1 fully saturated rings. The van der Waals surface area contributed by atoms with E-state index in [0.717, 1.165) is 12.8 Å². The Morgan fingerprint density at radius 1 is 1.15 bits per heavy atom. The van der Waals surface area contributed by atoms with E-state index in [-0.39, 0.29) is 48.3 Å². The zero-order valence-corrected chi connectivity index (χ0v) is 20.8. The summed E-state index contributed by atoms with van der Waals surface area (Å²) in [6.07, 6.45) is 1.18. The Morgan fingerprint density at radius 3 is 2.50 bits per heavy atom. The number of ether oxygens (including phenoxy) is 3. The number of anilines is 1. The third-order valence-electron chi connectivity index (χ3n) is 6.62. The number of fused-ring (bicyclic) bond motifs is 1. The number of benzene rings is 1. The summed E-state index contributed by atoms with van der Waals surface area (Å²) in [6.45, 7) is 7.73. The van der Waals surface area contributed by atoms with Crippen LogP contribution in [0.1, 0.15) is 44.0 Å². The summed E-state index contributed by atoms with van der Waals surface area (Å²) >= 11 is 0. The normalized spacial score (nSPS) is 25.0. The first-order chi connectivity index (χ1) is 16.2. The quantitative estimate of drug-likeness (QED) is 0.721. The van der Waals surface area contributed by atoms with Crippen LogP contribution in [0.2, 0.25) is 0 Å². The second-order valence-corrected chi connectivity index (χ2v) is 9.37. The van der Waals surface area contributed by atoms with Crippen LogP contribution in [-0.4, -0.2) is 86.7 Å². The highest BCUT2D eigenvalue weighted by atomic mass is 16.5. The highest BCUT2D eigenvalue weighted by Gasteiger charge is 2.33. The van der Waals surface area contributed by atoms with E-state index in [1.807, 2.05) is 18.7 Å². The Kier molecular flexibility index (Phi) is 8.90. The first-order valence-corrected chi connectivity index (χ1v) is 11.9. The minimum atomic E-state index is -0.256. The van der Waals surface area contributed by atoms with Crippen LogP contribution in [0.25, 0.3) is 0 Å². The molecule has 0 bridgehead atoms. The second-order valence-electron chi connectivity index (χ2n) is 9.37. The van der Waals surface area contributed by atoms with Crippen LogP contribution in [0.5, 0.6) is 5.75 Å². The Balaban J connectivity index is 1.94. The van der Waals surface area contributed by atoms with Crippen LogP contribution < -0.4 is 10.1 Å². The van der Waals surface area contributed by atoms with Gasteiger partial charge in [0.25, 0.3) is 5.91 Å². The first-order valence-electron chi connectivity index (χ1n) is 11.9. The molecule has 9 nitrogen and oxygen atoms in total. The standard InChI is InChI=1S/C25H37N3O6/c1-16-13-28(24(30)19-8-10-33-11-9-19)17(2)15-34-22-7-6-20(26-18(3)29)12-21(22)25(31)27(4)14-23(16)32-5/h6-7,12,16-17,19,23H,8-11,13-15H2,1-5H3,(H,26,29)/t16-,17+,23+/m0/s1. The van der Waals surface area contributed by atoms with E-state index < -0.39 is 0 Å². The van der Waals surface area contributed by atoms with E-state index >= 15 is 0 Å². The molecule has 1 aromatic carbocycles. The summed E-state index contributed by atoms with van der Waals surface area (Å²) in [7, 11) is 3.35. The number of rotatable bonds is 3. The van der Waals surface area contributed by atoms with Gasteiger partial charge >= 0.3 is 0 Å². The lowest BCUT2D eigenvalue weighted by Crippen LogP contribution is -2.50. The fourth-order valence-electron chi connectivity index (χ4n) is 4.54. The monoisotopic (exact) mass is 475 g/mol. The van der Waals surface area contributed by atoms with Crippen LogP contribution in [-0.2, 0) is 19.1 Å². The number of hydrogen-bond donors (Lipinski definition) is 1. The Bertz CT molecular complexity index is 885. The summed E-state index contributed by atoms with van der Waals surface area (Å²) in [5.74, 6) is 0.0200. The molecule has 0 aromatic heterocycles. The van der Waals surface area contributed by atoms with Gasteiger partial charge in [0.1, 0.15) is 12.4 Å². The van der Waals surface area contributed by atoms with E-state index in [1.165, 1.54) is 6.92 Å². The summed E-state index contributed by atoms with van der Waals surface area (Å²) in [5.41, 5.74) is 0.871. The molecule has 0 saturated carbocycles. The summed E-state index contributed by atoms with van der Waals surface area (Å²) in [6, 6.07) is 4.81. The van der Waals surface area contributed by atoms with Crippen molar-refractivity contribution in [3.05, 3.63) is 23.8 Å². The lowest BCUT2D eigenvalue weighted by Gasteiger charge is -2.38. The van der Waals surface area contributed by atoms with Crippen LogP contribution >= 0.6 is 0 Å². The number of nitrogens with zero attached hydrogens (tertiary/aromatic N) is 2. The third kappa shape index (κ3) is 6.27. The summed E-state index contributed by atoms with van der Waals surface area (Å²) in [4.78, 5) is 41.8. The van der Waals surface area contributed by atoms with Crippen LogP contribution in [0.3, 0.4) is 0 Å². The number of hydrogen-bond acceptors (Lipinski definition) is 6. The van der Waals surface area contributed by atoms with Gasteiger partial charge in [0, 0.05) is 64.9 Å². The SMILES string of the molecule is CO[C@@H]1CN(C)C(=O)c2cc(NC(C)=O)ccc2OC[C@@H](C)N(C(=O)C2CCOCC2)C[C@@H]1C. The fraction of sp³-hybridized carbons (Fsp3) is 0.640. The molecule has 3 amide bonds. The van der Waals surface area contributed by atoms with Crippen molar-refractivity contribution in [3.8, 4) is 5.75 Å². The van der Waals surface area contributed by atoms with Gasteiger partial charge in [0.05, 0.1) is 17.7 Å². The molecular weight excluding hydrogens is 438 g/mol. The average Bonchev–Trinajstić information content (AvgIpc) is 2.83. The summed E-state index contributed by atoms with van der Waals surface area (Å²) in [5, 5.41) is 2.72. The largest absolute Gasteiger partial charge is 0.491 e. The lowest BCUT2D eigenvalue weighted by atomic mass is 9.95. The Labute approximate surface area is 201 Å². The van der Waals surface area contributed by atoms with Crippen LogP contribution in [0.4, 0.5) is 5.69 Å². The predicted octanol–water partition coefficient (Wildman–Crippen LogP) is 2.40. The van der Waals surface area contributed by atoms with E-state index in [0.29, 0.717) is 43.3 Å². The summed E-state index contributed by atoms with van der Waals surface area (Å²) < 4.78 is 17.3. The van der Waals surface area contributed by atoms with Crippen molar-refractivity contribution in [2.45, 2.75) is 45.8 Å². The molecule has 2 aliphatic rings. The maximum Gasteiger partial charge on any atom is 0.257 e. The topological polar surface area (TPSA) is 97.4 Å². The van der Waals surface area contributed by atoms with Gasteiger partial charge in [0.2, 0.25) is 11.8 Å². The number of nitrogens with one attached hydrogen (secondary N) is 1. The molecule has 0 radical (unpaired) electrons. The maximum absolute atomic E-state index is 13.5. The highest BCUT2D eigenvalue weighted by Crippen LogP contribution is 2.27. The molecule has 9 heteroatoms. The Hall–Kier alpha value is -2.65. The minimum absolute atomic E-state index is 0.00361. The average molecular weight is 476 g/mol. The van der Waals surface area contributed by atoms with Crippen molar-refractivity contribution in [1.29, 1.82) is 0 Å². The van der Waals surface area contributed by atoms with E-state index in [4.69, 9.17) is 14.2 Å². The van der Waals surface area contributed by atoms with Crippen molar-refractivity contribution < 1.29 is 28.6 Å². The van der Waals surface area contributed by atoms with Crippen molar-refractivity contribution in [2.75, 3.05) is 52.4 Å². The molecule has 3 rings (SSSR count). The fourth-order valence-corrected chi connectivity index (χ4v) is 4.54. The molecule has 2 heterocycles. The third-order valence-corrected chi connectivity index (χ3v) is 6.62. The smallest absolute Gasteiger partial charge is 0.257 e. The van der Waals surface area contributed by atoms with Gasteiger partial charge in [-0.3, -0.25) is 14.4 Å². The van der Waals surface area contributed by atoms with Crippen LogP contribution in [0.15, 0.2) is 18.2 Å². The van der Waals surface area contributed by atoms with Crippen LogP contribution in [0, 0.1) is 11.8 Å². The molecule has 3 atom stereocenters. The van der Waals surface area contributed by atoms with Gasteiger partial charge in [-0.2, -0.15) is 0 Å². The van der Waals surface area contributed by atoms with Crippen molar-refractivity contribution >= 4 is 23.4 Å². The number of amides is 3. The van der Waals surface area contributed by atoms with Gasteiger partial charge < -0.3 is 29.3 Å².